The Kier molecular flexibility index (Phi) is 6.11. The van der Waals surface area contributed by atoms with Gasteiger partial charge in [0.15, 0.2) is 0 Å². The molecule has 0 aliphatic rings. The topological polar surface area (TPSA) is 67.4 Å². The van der Waals surface area contributed by atoms with Crippen LogP contribution >= 0.6 is 15.9 Å². The highest BCUT2D eigenvalue weighted by Gasteiger charge is 2.12. The van der Waals surface area contributed by atoms with Gasteiger partial charge >= 0.3 is 0 Å². The van der Waals surface area contributed by atoms with Crippen molar-refractivity contribution in [3.05, 3.63) is 87.9 Å². The average molecular weight is 439 g/mol. The second-order valence-corrected chi connectivity index (χ2v) is 7.12. The number of methoxy groups -OCH3 is 1. The standard InChI is InChI=1S/C22H19BrN2O3/c1-14-9-10-20(28-2)19(11-14)25-22(27)16-6-4-8-18(13-16)24-21(26)15-5-3-7-17(23)12-15/h3-13H,1-2H3,(H,24,26)(H,25,27). The molecule has 0 aliphatic carbocycles. The molecule has 3 aromatic rings. The van der Waals surface area contributed by atoms with Gasteiger partial charge in [-0.2, -0.15) is 0 Å². The van der Waals surface area contributed by atoms with Gasteiger partial charge in [-0.15, -0.1) is 0 Å². The molecule has 2 N–H and O–H groups in total. The molecule has 28 heavy (non-hydrogen) atoms. The van der Waals surface area contributed by atoms with Crippen molar-refractivity contribution in [2.75, 3.05) is 17.7 Å². The van der Waals surface area contributed by atoms with Gasteiger partial charge in [0.2, 0.25) is 0 Å². The minimum Gasteiger partial charge on any atom is -0.495 e. The summed E-state index contributed by atoms with van der Waals surface area (Å²) in [5.41, 5.74) is 3.08. The highest BCUT2D eigenvalue weighted by molar-refractivity contribution is 9.10. The molecule has 0 heterocycles. The Morgan fingerprint density at radius 3 is 2.25 bits per heavy atom. The second-order valence-electron chi connectivity index (χ2n) is 6.20. The highest BCUT2D eigenvalue weighted by atomic mass is 79.9. The van der Waals surface area contributed by atoms with Crippen LogP contribution in [0.5, 0.6) is 5.75 Å². The van der Waals surface area contributed by atoms with Gasteiger partial charge in [0, 0.05) is 21.3 Å². The van der Waals surface area contributed by atoms with Crippen molar-refractivity contribution in [2.24, 2.45) is 0 Å². The number of benzene rings is 3. The van der Waals surface area contributed by atoms with Crippen molar-refractivity contribution in [2.45, 2.75) is 6.92 Å². The number of rotatable bonds is 5. The molecule has 0 atom stereocenters. The summed E-state index contributed by atoms with van der Waals surface area (Å²) >= 11 is 3.35. The number of hydrogen-bond acceptors (Lipinski definition) is 3. The van der Waals surface area contributed by atoms with Crippen molar-refractivity contribution < 1.29 is 14.3 Å². The van der Waals surface area contributed by atoms with Crippen LogP contribution in [0.1, 0.15) is 26.3 Å². The number of hydrogen-bond donors (Lipinski definition) is 2. The summed E-state index contributed by atoms with van der Waals surface area (Å²) in [5.74, 6) is 0.0414. The molecule has 0 fully saturated rings. The van der Waals surface area contributed by atoms with Crippen LogP contribution in [0.3, 0.4) is 0 Å². The summed E-state index contributed by atoms with van der Waals surface area (Å²) in [6.45, 7) is 1.94. The highest BCUT2D eigenvalue weighted by Crippen LogP contribution is 2.26. The Morgan fingerprint density at radius 1 is 0.857 bits per heavy atom. The van der Waals surface area contributed by atoms with Crippen molar-refractivity contribution in [1.82, 2.24) is 0 Å². The zero-order valence-corrected chi connectivity index (χ0v) is 17.0. The first-order chi connectivity index (χ1) is 13.5. The minimum absolute atomic E-state index is 0.251. The van der Waals surface area contributed by atoms with E-state index >= 15 is 0 Å². The Balaban J connectivity index is 1.76. The second kappa shape index (κ2) is 8.71. The summed E-state index contributed by atoms with van der Waals surface area (Å²) in [4.78, 5) is 25.1. The largest absolute Gasteiger partial charge is 0.495 e. The third kappa shape index (κ3) is 4.78. The van der Waals surface area contributed by atoms with Gasteiger partial charge in [0.05, 0.1) is 12.8 Å². The van der Waals surface area contributed by atoms with E-state index in [9.17, 15) is 9.59 Å². The Morgan fingerprint density at radius 2 is 1.54 bits per heavy atom. The number of carbonyl (C=O) groups excluding carboxylic acids is 2. The summed E-state index contributed by atoms with van der Waals surface area (Å²) in [7, 11) is 1.55. The molecule has 5 nitrogen and oxygen atoms in total. The van der Waals surface area contributed by atoms with E-state index in [1.807, 2.05) is 25.1 Å². The molecule has 0 spiro atoms. The Labute approximate surface area is 171 Å². The molecule has 0 saturated carbocycles. The van der Waals surface area contributed by atoms with Crippen LogP contribution in [-0.2, 0) is 0 Å². The number of nitrogens with one attached hydrogen (secondary N) is 2. The van der Waals surface area contributed by atoms with Crippen LogP contribution in [0.15, 0.2) is 71.2 Å². The lowest BCUT2D eigenvalue weighted by Crippen LogP contribution is -2.15. The molecule has 2 amide bonds. The zero-order valence-electron chi connectivity index (χ0n) is 15.5. The van der Waals surface area contributed by atoms with Gasteiger partial charge in [0.1, 0.15) is 5.75 Å². The molecular formula is C22H19BrN2O3. The smallest absolute Gasteiger partial charge is 0.255 e. The molecule has 142 valence electrons. The summed E-state index contributed by atoms with van der Waals surface area (Å²) < 4.78 is 6.12. The minimum atomic E-state index is -0.289. The van der Waals surface area contributed by atoms with Gasteiger partial charge in [-0.3, -0.25) is 9.59 Å². The maximum Gasteiger partial charge on any atom is 0.255 e. The Bertz CT molecular complexity index is 1030. The Hall–Kier alpha value is -3.12. The number of amides is 2. The van der Waals surface area contributed by atoms with E-state index in [1.54, 1.807) is 55.6 Å². The van der Waals surface area contributed by atoms with Gasteiger partial charge in [-0.25, -0.2) is 0 Å². The van der Waals surface area contributed by atoms with Gasteiger partial charge in [-0.1, -0.05) is 34.1 Å². The molecular weight excluding hydrogens is 420 g/mol. The van der Waals surface area contributed by atoms with Crippen molar-refractivity contribution in [3.8, 4) is 5.75 Å². The first kappa shape index (κ1) is 19.6. The van der Waals surface area contributed by atoms with E-state index in [0.717, 1.165) is 10.0 Å². The average Bonchev–Trinajstić information content (AvgIpc) is 2.68. The molecule has 0 radical (unpaired) electrons. The summed E-state index contributed by atoms with van der Waals surface area (Å²) in [5, 5.41) is 5.67. The molecule has 6 heteroatoms. The monoisotopic (exact) mass is 438 g/mol. The van der Waals surface area contributed by atoms with E-state index in [0.29, 0.717) is 28.3 Å². The number of halogens is 1. The van der Waals surface area contributed by atoms with Crippen LogP contribution in [-0.4, -0.2) is 18.9 Å². The lowest BCUT2D eigenvalue weighted by Gasteiger charge is -2.12. The van der Waals surface area contributed by atoms with Gasteiger partial charge in [-0.05, 0) is 61.0 Å². The van der Waals surface area contributed by atoms with Gasteiger partial charge < -0.3 is 15.4 Å². The predicted octanol–water partition coefficient (Wildman–Crippen LogP) is 5.27. The molecule has 0 bridgehead atoms. The van der Waals surface area contributed by atoms with Crippen molar-refractivity contribution in [3.63, 3.8) is 0 Å². The van der Waals surface area contributed by atoms with E-state index in [-0.39, 0.29) is 11.8 Å². The molecule has 0 saturated heterocycles. The molecule has 0 aromatic heterocycles. The first-order valence-corrected chi connectivity index (χ1v) is 9.38. The third-order valence-corrected chi connectivity index (χ3v) is 4.57. The fraction of sp³-hybridized carbons (Fsp3) is 0.0909. The van der Waals surface area contributed by atoms with E-state index in [1.165, 1.54) is 0 Å². The lowest BCUT2D eigenvalue weighted by atomic mass is 10.1. The van der Waals surface area contributed by atoms with Crippen LogP contribution in [0, 0.1) is 6.92 Å². The fourth-order valence-corrected chi connectivity index (χ4v) is 3.08. The molecule has 0 unspecified atom stereocenters. The molecule has 3 rings (SSSR count). The maximum absolute atomic E-state index is 12.7. The fourth-order valence-electron chi connectivity index (χ4n) is 2.69. The van der Waals surface area contributed by atoms with Crippen molar-refractivity contribution >= 4 is 39.1 Å². The first-order valence-electron chi connectivity index (χ1n) is 8.59. The quantitative estimate of drug-likeness (QED) is 0.569. The van der Waals surface area contributed by atoms with Crippen LogP contribution in [0.25, 0.3) is 0 Å². The van der Waals surface area contributed by atoms with E-state index in [4.69, 9.17) is 4.74 Å². The van der Waals surface area contributed by atoms with Crippen LogP contribution in [0.2, 0.25) is 0 Å². The van der Waals surface area contributed by atoms with Crippen LogP contribution < -0.4 is 15.4 Å². The predicted molar refractivity (Wildman–Crippen MR) is 114 cm³/mol. The molecule has 0 aliphatic heterocycles. The lowest BCUT2D eigenvalue weighted by molar-refractivity contribution is 0.101. The zero-order chi connectivity index (χ0) is 20.1. The summed E-state index contributed by atoms with van der Waals surface area (Å²) in [6, 6.07) is 19.4. The number of carbonyl (C=O) groups is 2. The van der Waals surface area contributed by atoms with Crippen molar-refractivity contribution in [1.29, 1.82) is 0 Å². The number of aryl methyl sites for hydroxylation is 1. The van der Waals surface area contributed by atoms with E-state index < -0.39 is 0 Å². The SMILES string of the molecule is COc1ccc(C)cc1NC(=O)c1cccc(NC(=O)c2cccc(Br)c2)c1. The number of ether oxygens (including phenoxy) is 1. The van der Waals surface area contributed by atoms with E-state index in [2.05, 4.69) is 26.6 Å². The normalized spacial score (nSPS) is 10.2. The number of anilines is 2. The third-order valence-electron chi connectivity index (χ3n) is 4.07. The van der Waals surface area contributed by atoms with Gasteiger partial charge in [0.25, 0.3) is 11.8 Å². The van der Waals surface area contributed by atoms with Crippen LogP contribution in [0.4, 0.5) is 11.4 Å². The summed E-state index contributed by atoms with van der Waals surface area (Å²) in [6.07, 6.45) is 0. The molecule has 3 aromatic carbocycles. The maximum atomic E-state index is 12.7.